The molecule has 25 heavy (non-hydrogen) atoms. The van der Waals surface area contributed by atoms with Gasteiger partial charge in [-0.3, -0.25) is 4.90 Å². The second kappa shape index (κ2) is 9.53. The molecule has 0 aliphatic carbocycles. The van der Waals surface area contributed by atoms with Crippen molar-refractivity contribution in [1.29, 1.82) is 0 Å². The molecule has 0 aliphatic heterocycles. The Morgan fingerprint density at radius 3 is 2.44 bits per heavy atom. The Labute approximate surface area is 147 Å². The molecule has 6 heteroatoms. The molecule has 1 N–H and O–H groups in total. The van der Waals surface area contributed by atoms with Crippen LogP contribution >= 0.6 is 0 Å². The second-order valence-electron chi connectivity index (χ2n) is 6.37. The van der Waals surface area contributed by atoms with Gasteiger partial charge >= 0.3 is 6.61 Å². The van der Waals surface area contributed by atoms with E-state index >= 15 is 0 Å². The lowest BCUT2D eigenvalue weighted by Crippen LogP contribution is -2.35. The summed E-state index contributed by atoms with van der Waals surface area (Å²) in [5, 5.41) is 3.53. The van der Waals surface area contributed by atoms with Gasteiger partial charge in [-0.05, 0) is 63.7 Å². The van der Waals surface area contributed by atoms with E-state index in [1.807, 2.05) is 38.4 Å². The molecule has 2 atom stereocenters. The van der Waals surface area contributed by atoms with Gasteiger partial charge in [-0.1, -0.05) is 12.1 Å². The molecule has 0 amide bonds. The Hall–Kier alpha value is -1.92. The standard InChI is InChI=1S/C19H26F2N2O2/c1-14(22-13-17(23(2)3)18-5-4-12-24-18)6-7-15-8-10-16(11-9-15)25-19(20)21/h4-5,8-12,14,17,19,22H,6-7,13H2,1-3H3. The van der Waals surface area contributed by atoms with E-state index < -0.39 is 6.61 Å². The predicted molar refractivity (Wildman–Crippen MR) is 94.0 cm³/mol. The number of likely N-dealkylation sites (N-methyl/N-ethyl adjacent to an activating group) is 1. The molecule has 1 aromatic heterocycles. The zero-order chi connectivity index (χ0) is 18.2. The van der Waals surface area contributed by atoms with Gasteiger partial charge in [-0.25, -0.2) is 0 Å². The molecule has 138 valence electrons. The fourth-order valence-corrected chi connectivity index (χ4v) is 2.65. The van der Waals surface area contributed by atoms with Crippen LogP contribution in [0.3, 0.4) is 0 Å². The quantitative estimate of drug-likeness (QED) is 0.699. The van der Waals surface area contributed by atoms with Gasteiger partial charge in [-0.15, -0.1) is 0 Å². The molecular formula is C19H26F2N2O2. The Bertz CT molecular complexity index is 600. The number of hydrogen-bond donors (Lipinski definition) is 1. The number of halogens is 2. The van der Waals surface area contributed by atoms with Crippen molar-refractivity contribution in [1.82, 2.24) is 10.2 Å². The first-order chi connectivity index (χ1) is 12.0. The maximum atomic E-state index is 12.1. The predicted octanol–water partition coefficient (Wildman–Crippen LogP) is 4.09. The number of nitrogens with one attached hydrogen (secondary N) is 1. The number of furan rings is 1. The van der Waals surface area contributed by atoms with Crippen molar-refractivity contribution in [2.45, 2.75) is 38.5 Å². The molecule has 2 unspecified atom stereocenters. The van der Waals surface area contributed by atoms with Crippen molar-refractivity contribution in [2.24, 2.45) is 0 Å². The van der Waals surface area contributed by atoms with Gasteiger partial charge in [0, 0.05) is 12.6 Å². The van der Waals surface area contributed by atoms with E-state index in [1.165, 1.54) is 0 Å². The molecule has 0 saturated heterocycles. The molecular weight excluding hydrogens is 326 g/mol. The third-order valence-electron chi connectivity index (χ3n) is 4.17. The minimum atomic E-state index is -2.78. The van der Waals surface area contributed by atoms with Gasteiger partial charge in [0.1, 0.15) is 11.5 Å². The number of ether oxygens (including phenoxy) is 1. The lowest BCUT2D eigenvalue weighted by Gasteiger charge is -2.24. The van der Waals surface area contributed by atoms with E-state index in [0.717, 1.165) is 30.7 Å². The Morgan fingerprint density at radius 2 is 1.88 bits per heavy atom. The van der Waals surface area contributed by atoms with Gasteiger partial charge in [0.2, 0.25) is 0 Å². The van der Waals surface area contributed by atoms with E-state index in [9.17, 15) is 8.78 Å². The van der Waals surface area contributed by atoms with Crippen molar-refractivity contribution in [3.05, 3.63) is 54.0 Å². The molecule has 1 aromatic carbocycles. The summed E-state index contributed by atoms with van der Waals surface area (Å²) in [4.78, 5) is 2.13. The van der Waals surface area contributed by atoms with Crippen LogP contribution in [0, 0.1) is 0 Å². The third-order valence-corrected chi connectivity index (χ3v) is 4.17. The van der Waals surface area contributed by atoms with Crippen LogP contribution in [0.15, 0.2) is 47.1 Å². The summed E-state index contributed by atoms with van der Waals surface area (Å²) >= 11 is 0. The molecule has 0 bridgehead atoms. The summed E-state index contributed by atoms with van der Waals surface area (Å²) in [6.07, 6.45) is 3.51. The van der Waals surface area contributed by atoms with Crippen LogP contribution in [-0.4, -0.2) is 38.2 Å². The summed E-state index contributed by atoms with van der Waals surface area (Å²) in [5.74, 6) is 1.14. The largest absolute Gasteiger partial charge is 0.468 e. The Morgan fingerprint density at radius 1 is 1.16 bits per heavy atom. The van der Waals surface area contributed by atoms with Crippen molar-refractivity contribution in [3.8, 4) is 5.75 Å². The summed E-state index contributed by atoms with van der Waals surface area (Å²) < 4.78 is 34.2. The first kappa shape index (κ1) is 19.4. The topological polar surface area (TPSA) is 37.6 Å². The minimum Gasteiger partial charge on any atom is -0.468 e. The monoisotopic (exact) mass is 352 g/mol. The highest BCUT2D eigenvalue weighted by Crippen LogP contribution is 2.19. The Balaban J connectivity index is 1.77. The number of hydrogen-bond acceptors (Lipinski definition) is 4. The molecule has 2 aromatic rings. The zero-order valence-electron chi connectivity index (χ0n) is 14.9. The minimum absolute atomic E-state index is 0.184. The highest BCUT2D eigenvalue weighted by atomic mass is 19.3. The van der Waals surface area contributed by atoms with Crippen LogP contribution in [0.2, 0.25) is 0 Å². The van der Waals surface area contributed by atoms with Gasteiger partial charge in [-0.2, -0.15) is 8.78 Å². The average Bonchev–Trinajstić information content (AvgIpc) is 3.08. The van der Waals surface area contributed by atoms with Crippen molar-refractivity contribution < 1.29 is 17.9 Å². The van der Waals surface area contributed by atoms with Gasteiger partial charge in [0.25, 0.3) is 0 Å². The number of alkyl halides is 2. The van der Waals surface area contributed by atoms with Gasteiger partial charge in [0.05, 0.1) is 12.3 Å². The first-order valence-corrected chi connectivity index (χ1v) is 8.42. The van der Waals surface area contributed by atoms with Gasteiger partial charge in [0.15, 0.2) is 0 Å². The zero-order valence-corrected chi connectivity index (χ0v) is 14.9. The molecule has 0 saturated carbocycles. The van der Waals surface area contributed by atoms with Crippen LogP contribution < -0.4 is 10.1 Å². The fraction of sp³-hybridized carbons (Fsp3) is 0.474. The lowest BCUT2D eigenvalue weighted by atomic mass is 10.1. The molecule has 4 nitrogen and oxygen atoms in total. The fourth-order valence-electron chi connectivity index (χ4n) is 2.65. The number of rotatable bonds is 10. The second-order valence-corrected chi connectivity index (χ2v) is 6.37. The van der Waals surface area contributed by atoms with Crippen molar-refractivity contribution in [3.63, 3.8) is 0 Å². The van der Waals surface area contributed by atoms with E-state index in [0.29, 0.717) is 6.04 Å². The molecule has 0 spiro atoms. The number of benzene rings is 1. The van der Waals surface area contributed by atoms with Gasteiger partial charge < -0.3 is 14.5 Å². The van der Waals surface area contributed by atoms with Crippen LogP contribution in [-0.2, 0) is 6.42 Å². The van der Waals surface area contributed by atoms with E-state index in [1.54, 1.807) is 18.4 Å². The van der Waals surface area contributed by atoms with E-state index in [2.05, 4.69) is 21.9 Å². The van der Waals surface area contributed by atoms with Crippen LogP contribution in [0.4, 0.5) is 8.78 Å². The lowest BCUT2D eigenvalue weighted by molar-refractivity contribution is -0.0498. The smallest absolute Gasteiger partial charge is 0.387 e. The molecule has 2 rings (SSSR count). The SMILES string of the molecule is CC(CCc1ccc(OC(F)F)cc1)NCC(c1ccco1)N(C)C. The summed E-state index contributed by atoms with van der Waals surface area (Å²) in [7, 11) is 4.06. The highest BCUT2D eigenvalue weighted by molar-refractivity contribution is 5.27. The van der Waals surface area contributed by atoms with Crippen molar-refractivity contribution in [2.75, 3.05) is 20.6 Å². The molecule has 1 heterocycles. The first-order valence-electron chi connectivity index (χ1n) is 8.42. The third kappa shape index (κ3) is 6.48. The van der Waals surface area contributed by atoms with Crippen LogP contribution in [0.5, 0.6) is 5.75 Å². The van der Waals surface area contributed by atoms with E-state index in [4.69, 9.17) is 4.42 Å². The average molecular weight is 352 g/mol. The maximum absolute atomic E-state index is 12.1. The number of nitrogens with zero attached hydrogens (tertiary/aromatic N) is 1. The van der Waals surface area contributed by atoms with E-state index in [-0.39, 0.29) is 11.8 Å². The van der Waals surface area contributed by atoms with Crippen LogP contribution in [0.25, 0.3) is 0 Å². The maximum Gasteiger partial charge on any atom is 0.387 e. The summed E-state index contributed by atoms with van der Waals surface area (Å²) in [5.41, 5.74) is 1.10. The number of aryl methyl sites for hydroxylation is 1. The molecule has 0 radical (unpaired) electrons. The molecule has 0 fully saturated rings. The summed E-state index contributed by atoms with van der Waals surface area (Å²) in [6.45, 7) is 0.153. The highest BCUT2D eigenvalue weighted by Gasteiger charge is 2.17. The molecule has 0 aliphatic rings. The Kier molecular flexibility index (Phi) is 7.40. The van der Waals surface area contributed by atoms with Crippen LogP contribution in [0.1, 0.15) is 30.7 Å². The normalized spacial score (nSPS) is 14.0. The van der Waals surface area contributed by atoms with Crippen molar-refractivity contribution >= 4 is 0 Å². The summed E-state index contributed by atoms with van der Waals surface area (Å²) in [6, 6.07) is 11.2.